The van der Waals surface area contributed by atoms with Crippen LogP contribution in [0.1, 0.15) is 168 Å². The number of rotatable bonds is 43. The van der Waals surface area contributed by atoms with Gasteiger partial charge >= 0.3 is 0 Å². The van der Waals surface area contributed by atoms with E-state index in [-0.39, 0.29) is 18.9 Å². The van der Waals surface area contributed by atoms with Crippen molar-refractivity contribution in [3.63, 3.8) is 0 Å². The fraction of sp³-hybridized carbons (Fsp3) is 0.758. The molecule has 1 amide bonds. The summed E-state index contributed by atoms with van der Waals surface area (Å²) in [5, 5.41) is 120. The molecule has 3 saturated heterocycles. The minimum atomic E-state index is -1.98. The summed E-state index contributed by atoms with van der Waals surface area (Å²) in [6.45, 7) is 1.54. The first-order valence-electron chi connectivity index (χ1n) is 30.3. The highest BCUT2D eigenvalue weighted by Gasteiger charge is 2.53. The van der Waals surface area contributed by atoms with Crippen LogP contribution in [0.4, 0.5) is 0 Å². The predicted molar refractivity (Wildman–Crippen MR) is 309 cm³/mol. The van der Waals surface area contributed by atoms with Gasteiger partial charge in [0.15, 0.2) is 18.9 Å². The van der Waals surface area contributed by atoms with Crippen LogP contribution in [0.25, 0.3) is 0 Å². The number of aliphatic hydroxyl groups is 11. The van der Waals surface area contributed by atoms with Crippen LogP contribution in [-0.2, 0) is 33.2 Å². The van der Waals surface area contributed by atoms with Crippen LogP contribution in [0.15, 0.2) is 85.1 Å². The SMILES string of the molecule is CC/C=C\C/C=C\C/C=C\C/C=C\C/C=C\CCCCCCCCCC(=O)NC(COC1OC(CO)C(OC2OC(CO)C(OC3OC(CO)C(O)C(O)C3O)C(O)C2O)C(O)C1O)C(O)/C=C/CC/C=C/CCCCCCCCC. The van der Waals surface area contributed by atoms with Gasteiger partial charge in [0, 0.05) is 6.42 Å². The molecule has 81 heavy (non-hydrogen) atoms. The van der Waals surface area contributed by atoms with Gasteiger partial charge in [-0.2, -0.15) is 0 Å². The summed E-state index contributed by atoms with van der Waals surface area (Å²) >= 11 is 0. The van der Waals surface area contributed by atoms with E-state index in [9.17, 15) is 61.0 Å². The highest BCUT2D eigenvalue weighted by Crippen LogP contribution is 2.33. The maximum absolute atomic E-state index is 13.3. The first-order valence-corrected chi connectivity index (χ1v) is 30.3. The number of carbonyl (C=O) groups is 1. The summed E-state index contributed by atoms with van der Waals surface area (Å²) in [5.41, 5.74) is 0. The monoisotopic (exact) mass is 1150 g/mol. The van der Waals surface area contributed by atoms with Gasteiger partial charge in [0.25, 0.3) is 0 Å². The Morgan fingerprint density at radius 2 is 0.864 bits per heavy atom. The highest BCUT2D eigenvalue weighted by atomic mass is 16.8. The molecule has 0 aromatic rings. The smallest absolute Gasteiger partial charge is 0.220 e. The number of carbonyl (C=O) groups excluding carboxylic acids is 1. The van der Waals surface area contributed by atoms with Gasteiger partial charge in [0.2, 0.25) is 5.91 Å². The summed E-state index contributed by atoms with van der Waals surface area (Å²) in [5.74, 6) is -0.302. The lowest BCUT2D eigenvalue weighted by molar-refractivity contribution is -0.379. The number of hydrogen-bond acceptors (Lipinski definition) is 18. The second kappa shape index (κ2) is 44.4. The lowest BCUT2D eigenvalue weighted by atomic mass is 9.96. The van der Waals surface area contributed by atoms with Gasteiger partial charge in [-0.25, -0.2) is 0 Å². The first kappa shape index (κ1) is 72.2. The third-order valence-electron chi connectivity index (χ3n) is 14.7. The molecule has 0 bridgehead atoms. The Balaban J connectivity index is 1.49. The fourth-order valence-corrected chi connectivity index (χ4v) is 9.70. The molecule has 3 heterocycles. The molecule has 0 aromatic heterocycles. The minimum Gasteiger partial charge on any atom is -0.394 e. The average molecular weight is 1150 g/mol. The standard InChI is InChI=1S/C62H105NO18/c1-3-5-7-9-11-13-15-17-18-19-20-21-22-23-24-25-26-28-30-32-34-36-38-40-50(68)63-45(46(67)39-37-35-33-31-29-27-16-14-12-10-8-6-4-2)44-76-60-56(74)53(71)58(48(42-65)78-60)81-62-57(75)54(72)59(49(43-66)79-62)80-61-55(73)52(70)51(69)47(41-64)77-61/h5,7,11,13,17-18,20-21,23-24,29,31,37,39,45-49,51-62,64-67,69-75H,3-4,6,8-10,12,14-16,19,22,25-28,30,32-36,38,40-44H2,1-2H3,(H,63,68)/b7-5-,13-11-,18-17-,21-20-,24-23-,31-29+,39-37+. The topological polar surface area (TPSA) is 307 Å². The zero-order valence-corrected chi connectivity index (χ0v) is 48.5. The Kier molecular flexibility index (Phi) is 39.6. The molecule has 0 radical (unpaired) electrons. The van der Waals surface area contributed by atoms with Crippen molar-refractivity contribution in [2.24, 2.45) is 0 Å². The van der Waals surface area contributed by atoms with Crippen molar-refractivity contribution in [2.45, 2.75) is 272 Å². The van der Waals surface area contributed by atoms with Crippen molar-refractivity contribution in [1.29, 1.82) is 0 Å². The summed E-state index contributed by atoms with van der Waals surface area (Å²) in [6.07, 6.45) is 27.1. The fourth-order valence-electron chi connectivity index (χ4n) is 9.70. The van der Waals surface area contributed by atoms with E-state index in [1.54, 1.807) is 6.08 Å². The molecule has 3 aliphatic rings. The summed E-state index contributed by atoms with van der Waals surface area (Å²) < 4.78 is 34.2. The van der Waals surface area contributed by atoms with Gasteiger partial charge < -0.3 is 89.9 Å². The van der Waals surface area contributed by atoms with Crippen LogP contribution in [0.2, 0.25) is 0 Å². The van der Waals surface area contributed by atoms with Crippen LogP contribution >= 0.6 is 0 Å². The molecular formula is C62H105NO18. The molecule has 12 N–H and O–H groups in total. The Hall–Kier alpha value is -3.03. The molecule has 466 valence electrons. The zero-order chi connectivity index (χ0) is 59.0. The maximum atomic E-state index is 13.3. The molecule has 0 aliphatic carbocycles. The molecule has 0 spiro atoms. The third-order valence-corrected chi connectivity index (χ3v) is 14.7. The molecule has 3 aliphatic heterocycles. The molecule has 3 rings (SSSR count). The number of unbranched alkanes of at least 4 members (excludes halogenated alkanes) is 15. The van der Waals surface area contributed by atoms with E-state index in [4.69, 9.17) is 28.4 Å². The molecule has 0 saturated carbocycles. The molecule has 17 unspecified atom stereocenters. The van der Waals surface area contributed by atoms with E-state index in [0.717, 1.165) is 96.3 Å². The summed E-state index contributed by atoms with van der Waals surface area (Å²) in [7, 11) is 0. The molecule has 19 nitrogen and oxygen atoms in total. The van der Waals surface area contributed by atoms with E-state index >= 15 is 0 Å². The van der Waals surface area contributed by atoms with Crippen molar-refractivity contribution in [3.05, 3.63) is 85.1 Å². The van der Waals surface area contributed by atoms with Crippen molar-refractivity contribution < 1.29 is 89.4 Å². The number of amides is 1. The van der Waals surface area contributed by atoms with Gasteiger partial charge in [-0.05, 0) is 77.0 Å². The summed E-state index contributed by atoms with van der Waals surface area (Å²) in [4.78, 5) is 13.3. The third kappa shape index (κ3) is 28.1. The van der Waals surface area contributed by atoms with Crippen LogP contribution in [0, 0.1) is 0 Å². The number of aliphatic hydroxyl groups excluding tert-OH is 11. The largest absolute Gasteiger partial charge is 0.394 e. The van der Waals surface area contributed by atoms with Crippen LogP contribution in [0.3, 0.4) is 0 Å². The number of ether oxygens (including phenoxy) is 6. The van der Waals surface area contributed by atoms with Gasteiger partial charge in [0.05, 0.1) is 38.6 Å². The Labute approximate surface area is 482 Å². The number of nitrogens with one attached hydrogen (secondary N) is 1. The Morgan fingerprint density at radius 1 is 0.457 bits per heavy atom. The normalized spacial score (nSPS) is 30.4. The van der Waals surface area contributed by atoms with Crippen LogP contribution in [-0.4, -0.2) is 193 Å². The maximum Gasteiger partial charge on any atom is 0.220 e. The van der Waals surface area contributed by atoms with Gasteiger partial charge in [-0.1, -0.05) is 170 Å². The second-order valence-corrected chi connectivity index (χ2v) is 21.4. The average Bonchev–Trinajstić information content (AvgIpc) is 3.57. The molecule has 0 aromatic carbocycles. The van der Waals surface area contributed by atoms with E-state index in [2.05, 4.69) is 92.1 Å². The lowest BCUT2D eigenvalue weighted by Gasteiger charge is -2.48. The molecule has 19 heteroatoms. The van der Waals surface area contributed by atoms with Gasteiger partial charge in [-0.15, -0.1) is 0 Å². The zero-order valence-electron chi connectivity index (χ0n) is 48.5. The van der Waals surface area contributed by atoms with Gasteiger partial charge in [0.1, 0.15) is 73.2 Å². The molecule has 17 atom stereocenters. The number of allylic oxidation sites excluding steroid dienone is 13. The number of hydrogen-bond donors (Lipinski definition) is 12. The van der Waals surface area contributed by atoms with Crippen molar-refractivity contribution in [1.82, 2.24) is 5.32 Å². The van der Waals surface area contributed by atoms with E-state index in [0.29, 0.717) is 12.8 Å². The van der Waals surface area contributed by atoms with E-state index in [1.807, 2.05) is 6.08 Å². The van der Waals surface area contributed by atoms with Gasteiger partial charge in [-0.3, -0.25) is 4.79 Å². The minimum absolute atomic E-state index is 0.217. The van der Waals surface area contributed by atoms with Crippen LogP contribution < -0.4 is 5.32 Å². The van der Waals surface area contributed by atoms with Crippen molar-refractivity contribution >= 4 is 5.91 Å². The highest BCUT2D eigenvalue weighted by molar-refractivity contribution is 5.76. The van der Waals surface area contributed by atoms with Crippen LogP contribution in [0.5, 0.6) is 0 Å². The Morgan fingerprint density at radius 3 is 1.38 bits per heavy atom. The van der Waals surface area contributed by atoms with E-state index < -0.39 is 124 Å². The summed E-state index contributed by atoms with van der Waals surface area (Å²) in [6, 6.07) is -1.00. The Bertz CT molecular complexity index is 1810. The lowest BCUT2D eigenvalue weighted by Crippen LogP contribution is -2.66. The van der Waals surface area contributed by atoms with E-state index in [1.165, 1.54) is 38.5 Å². The predicted octanol–water partition coefficient (Wildman–Crippen LogP) is 5.59. The molecule has 3 fully saturated rings. The van der Waals surface area contributed by atoms with Crippen molar-refractivity contribution in [3.8, 4) is 0 Å². The quantitative estimate of drug-likeness (QED) is 0.0261. The first-order chi connectivity index (χ1) is 39.3. The molecular weight excluding hydrogens is 1050 g/mol. The van der Waals surface area contributed by atoms with Crippen molar-refractivity contribution in [2.75, 3.05) is 26.4 Å². The second-order valence-electron chi connectivity index (χ2n) is 21.4.